The average Bonchev–Trinajstić information content (AvgIpc) is 2.55. The molecule has 1 aromatic heterocycles. The standard InChI is InChI=1S/C17H20N3O2/c18-17(21)16-3-1-13-11-14(2-4-15(13)20-16)22-10-7-12-5-8-19-9-6-12/h1-3,11-12,19H,5-10H2,(H2,18,21). The van der Waals surface area contributed by atoms with Crippen molar-refractivity contribution in [2.24, 2.45) is 11.7 Å². The molecule has 1 aliphatic heterocycles. The summed E-state index contributed by atoms with van der Waals surface area (Å²) in [4.78, 5) is 15.3. The number of nitrogens with one attached hydrogen (secondary N) is 1. The molecule has 1 saturated heterocycles. The number of ether oxygens (including phenoxy) is 1. The predicted molar refractivity (Wildman–Crippen MR) is 84.8 cm³/mol. The highest BCUT2D eigenvalue weighted by molar-refractivity contribution is 5.93. The summed E-state index contributed by atoms with van der Waals surface area (Å²) in [6, 6.07) is 10.2. The smallest absolute Gasteiger partial charge is 0.267 e. The van der Waals surface area contributed by atoms with Crippen molar-refractivity contribution in [3.63, 3.8) is 0 Å². The van der Waals surface area contributed by atoms with Crippen LogP contribution < -0.4 is 15.8 Å². The van der Waals surface area contributed by atoms with Gasteiger partial charge in [-0.15, -0.1) is 0 Å². The Morgan fingerprint density at radius 3 is 3.00 bits per heavy atom. The lowest BCUT2D eigenvalue weighted by Crippen LogP contribution is -2.28. The molecule has 3 rings (SSSR count). The molecular formula is C17H20N3O2. The summed E-state index contributed by atoms with van der Waals surface area (Å²) in [5.41, 5.74) is 6.11. The minimum Gasteiger partial charge on any atom is -0.494 e. The van der Waals surface area contributed by atoms with Gasteiger partial charge in [-0.2, -0.15) is 0 Å². The molecule has 1 radical (unpaired) electrons. The Kier molecular flexibility index (Phi) is 4.53. The predicted octanol–water partition coefficient (Wildman–Crippen LogP) is 1.90. The van der Waals surface area contributed by atoms with Crippen LogP contribution in [0.15, 0.2) is 24.3 Å². The number of fused-ring (bicyclic) bond motifs is 1. The highest BCUT2D eigenvalue weighted by Gasteiger charge is 2.12. The number of nitrogens with two attached hydrogens (primary N) is 1. The van der Waals surface area contributed by atoms with E-state index < -0.39 is 5.91 Å². The summed E-state index contributed by atoms with van der Waals surface area (Å²) in [5, 5.41) is 4.26. The molecule has 0 spiro atoms. The van der Waals surface area contributed by atoms with Crippen molar-refractivity contribution in [1.82, 2.24) is 10.3 Å². The first-order chi connectivity index (χ1) is 10.7. The third-order valence-electron chi connectivity index (χ3n) is 4.08. The Morgan fingerprint density at radius 2 is 2.23 bits per heavy atom. The van der Waals surface area contributed by atoms with Crippen molar-refractivity contribution in [2.75, 3.05) is 19.7 Å². The highest BCUT2D eigenvalue weighted by atomic mass is 16.5. The molecule has 22 heavy (non-hydrogen) atoms. The van der Waals surface area contributed by atoms with Crippen molar-refractivity contribution in [3.8, 4) is 5.75 Å². The van der Waals surface area contributed by atoms with E-state index in [2.05, 4.69) is 16.4 Å². The van der Waals surface area contributed by atoms with Crippen LogP contribution in [0, 0.1) is 12.0 Å². The minimum absolute atomic E-state index is 0.253. The number of benzene rings is 1. The molecule has 5 heteroatoms. The van der Waals surface area contributed by atoms with Gasteiger partial charge in [0.15, 0.2) is 0 Å². The molecule has 115 valence electrons. The van der Waals surface area contributed by atoms with Gasteiger partial charge in [-0.1, -0.05) is 6.07 Å². The second-order valence-electron chi connectivity index (χ2n) is 5.66. The summed E-state index contributed by atoms with van der Waals surface area (Å²) in [5.74, 6) is 1.01. The lowest BCUT2D eigenvalue weighted by Gasteiger charge is -2.22. The largest absolute Gasteiger partial charge is 0.494 e. The number of amides is 1. The maximum Gasteiger partial charge on any atom is 0.267 e. The SMILES string of the molecule is NC(=O)c1ccc2cc(OCCC3CCNCC3)c[c]c2n1. The number of piperidine rings is 1. The maximum absolute atomic E-state index is 11.1. The molecule has 0 aliphatic carbocycles. The van der Waals surface area contributed by atoms with Gasteiger partial charge in [0, 0.05) is 11.5 Å². The molecule has 1 amide bonds. The molecule has 5 nitrogen and oxygen atoms in total. The van der Waals surface area contributed by atoms with Crippen LogP contribution >= 0.6 is 0 Å². The van der Waals surface area contributed by atoms with Crippen LogP contribution in [0.3, 0.4) is 0 Å². The molecular weight excluding hydrogens is 278 g/mol. The van der Waals surface area contributed by atoms with E-state index in [1.807, 2.05) is 12.1 Å². The minimum atomic E-state index is -0.530. The van der Waals surface area contributed by atoms with Crippen LogP contribution in [0.5, 0.6) is 5.75 Å². The molecule has 0 unspecified atom stereocenters. The molecule has 0 bridgehead atoms. The number of carbonyl (C=O) groups is 1. The molecule has 0 atom stereocenters. The lowest BCUT2D eigenvalue weighted by atomic mass is 9.95. The normalized spacial score (nSPS) is 15.8. The summed E-state index contributed by atoms with van der Waals surface area (Å²) in [7, 11) is 0. The zero-order chi connectivity index (χ0) is 15.4. The molecule has 2 aromatic rings. The highest BCUT2D eigenvalue weighted by Crippen LogP contribution is 2.21. The van der Waals surface area contributed by atoms with E-state index in [0.29, 0.717) is 5.52 Å². The summed E-state index contributed by atoms with van der Waals surface area (Å²) in [6.45, 7) is 2.95. The fraction of sp³-hybridized carbons (Fsp3) is 0.412. The maximum atomic E-state index is 11.1. The zero-order valence-corrected chi connectivity index (χ0v) is 12.5. The van der Waals surface area contributed by atoms with Crippen molar-refractivity contribution in [2.45, 2.75) is 19.3 Å². The van der Waals surface area contributed by atoms with Crippen molar-refractivity contribution < 1.29 is 9.53 Å². The van der Waals surface area contributed by atoms with Crippen molar-refractivity contribution >= 4 is 16.8 Å². The van der Waals surface area contributed by atoms with Crippen LogP contribution in [0.25, 0.3) is 10.9 Å². The van der Waals surface area contributed by atoms with Gasteiger partial charge >= 0.3 is 0 Å². The number of aromatic nitrogens is 1. The van der Waals surface area contributed by atoms with Gasteiger partial charge in [-0.05, 0) is 56.5 Å². The van der Waals surface area contributed by atoms with Gasteiger partial charge in [-0.3, -0.25) is 4.79 Å². The Hall–Kier alpha value is -2.14. The Balaban J connectivity index is 1.62. The van der Waals surface area contributed by atoms with Crippen LogP contribution in [-0.4, -0.2) is 30.6 Å². The molecule has 3 N–H and O–H groups in total. The van der Waals surface area contributed by atoms with Gasteiger partial charge in [-0.25, -0.2) is 4.98 Å². The molecule has 0 saturated carbocycles. The second kappa shape index (κ2) is 6.75. The van der Waals surface area contributed by atoms with E-state index in [1.165, 1.54) is 12.8 Å². The van der Waals surface area contributed by atoms with Gasteiger partial charge < -0.3 is 15.8 Å². The topological polar surface area (TPSA) is 77.2 Å². The van der Waals surface area contributed by atoms with E-state index in [4.69, 9.17) is 10.5 Å². The fourth-order valence-corrected chi connectivity index (χ4v) is 2.77. The number of pyridine rings is 1. The van der Waals surface area contributed by atoms with Crippen LogP contribution in [0.4, 0.5) is 0 Å². The summed E-state index contributed by atoms with van der Waals surface area (Å²) >= 11 is 0. The fourth-order valence-electron chi connectivity index (χ4n) is 2.77. The monoisotopic (exact) mass is 298 g/mol. The number of nitrogens with zero attached hydrogens (tertiary/aromatic N) is 1. The third-order valence-corrected chi connectivity index (χ3v) is 4.08. The van der Waals surface area contributed by atoms with Gasteiger partial charge in [0.1, 0.15) is 11.4 Å². The van der Waals surface area contributed by atoms with E-state index in [-0.39, 0.29) is 5.69 Å². The van der Waals surface area contributed by atoms with E-state index in [0.717, 1.165) is 43.2 Å². The van der Waals surface area contributed by atoms with Crippen molar-refractivity contribution in [1.29, 1.82) is 0 Å². The van der Waals surface area contributed by atoms with E-state index in [1.54, 1.807) is 12.1 Å². The van der Waals surface area contributed by atoms with Crippen molar-refractivity contribution in [3.05, 3.63) is 36.0 Å². The lowest BCUT2D eigenvalue weighted by molar-refractivity contribution is 0.0996. The Labute approximate surface area is 129 Å². The first-order valence-corrected chi connectivity index (χ1v) is 7.68. The summed E-state index contributed by atoms with van der Waals surface area (Å²) in [6.07, 6.45) is 3.54. The number of rotatable bonds is 5. The number of hydrogen-bond donors (Lipinski definition) is 2. The first-order valence-electron chi connectivity index (χ1n) is 7.68. The molecule has 1 fully saturated rings. The second-order valence-corrected chi connectivity index (χ2v) is 5.66. The first kappa shape index (κ1) is 14.8. The van der Waals surface area contributed by atoms with E-state index >= 15 is 0 Å². The average molecular weight is 298 g/mol. The Bertz CT molecular complexity index is 666. The number of hydrogen-bond acceptors (Lipinski definition) is 4. The van der Waals surface area contributed by atoms with E-state index in [9.17, 15) is 4.79 Å². The number of primary amides is 1. The molecule has 2 heterocycles. The molecule has 1 aromatic carbocycles. The molecule has 1 aliphatic rings. The quantitative estimate of drug-likeness (QED) is 0.884. The summed E-state index contributed by atoms with van der Waals surface area (Å²) < 4.78 is 5.82. The van der Waals surface area contributed by atoms with Gasteiger partial charge in [0.25, 0.3) is 5.91 Å². The number of carbonyl (C=O) groups excluding carboxylic acids is 1. The van der Waals surface area contributed by atoms with Gasteiger partial charge in [0.2, 0.25) is 0 Å². The van der Waals surface area contributed by atoms with Gasteiger partial charge in [0.05, 0.1) is 12.1 Å². The van der Waals surface area contributed by atoms with Crippen LogP contribution in [-0.2, 0) is 0 Å². The Morgan fingerprint density at radius 1 is 1.41 bits per heavy atom. The van der Waals surface area contributed by atoms with Crippen LogP contribution in [0.1, 0.15) is 29.8 Å². The third kappa shape index (κ3) is 3.54. The van der Waals surface area contributed by atoms with Crippen LogP contribution in [0.2, 0.25) is 0 Å². The zero-order valence-electron chi connectivity index (χ0n) is 12.5.